The van der Waals surface area contributed by atoms with Crippen molar-refractivity contribution in [3.63, 3.8) is 0 Å². The van der Waals surface area contributed by atoms with Crippen LogP contribution >= 0.6 is 0 Å². The van der Waals surface area contributed by atoms with E-state index in [0.29, 0.717) is 0 Å². The molecule has 48 heavy (non-hydrogen) atoms. The molecule has 0 saturated heterocycles. The van der Waals surface area contributed by atoms with Crippen LogP contribution in [0.25, 0.3) is 0 Å². The number of pyridine rings is 1. The predicted molar refractivity (Wildman–Crippen MR) is 179 cm³/mol. The van der Waals surface area contributed by atoms with Crippen LogP contribution in [0.4, 0.5) is 40.1 Å². The molecule has 1 aromatic heterocycles. The van der Waals surface area contributed by atoms with Crippen LogP contribution in [0.1, 0.15) is 5.56 Å². The van der Waals surface area contributed by atoms with Crippen LogP contribution in [-0.4, -0.2) is 72.4 Å². The van der Waals surface area contributed by atoms with Crippen molar-refractivity contribution in [3.8, 4) is 0 Å². The third-order valence-corrected chi connectivity index (χ3v) is 10.5. The van der Waals surface area contributed by atoms with Gasteiger partial charge in [0.1, 0.15) is 16.3 Å². The van der Waals surface area contributed by atoms with Crippen molar-refractivity contribution < 1.29 is 42.8 Å². The van der Waals surface area contributed by atoms with Gasteiger partial charge in [-0.25, -0.2) is 21.8 Å². The number of aromatic nitrogens is 1. The van der Waals surface area contributed by atoms with E-state index in [2.05, 4.69) is 49.2 Å². The molecule has 3 rings (SSSR count). The van der Waals surface area contributed by atoms with Gasteiger partial charge in [0, 0.05) is 29.5 Å². The first-order valence-corrected chi connectivity index (χ1v) is 19.6. The molecule has 0 spiro atoms. The standard InChI is InChI=1S/C26H30N8O10S4/c1-4-45(35,36)14-12-28-25-23(27)17(3)24(26(30-25)29-13-15-46(37,38)5-2)34-33-21-11-8-19(16-22(21)48(42,43)44)32-31-18-6-9-20(10-7-18)47(39,40)41/h4-11,16H,1-2,12-15,27H2,3H3,(H2,28,29,30)(H,39,40,41)(H,42,43,44)/b32-31+,34-33+. The number of nitrogen functional groups attached to an aromatic ring is 1. The smallest absolute Gasteiger partial charge is 0.296 e. The molecule has 0 unspecified atom stereocenters. The molecule has 0 aliphatic carbocycles. The van der Waals surface area contributed by atoms with Gasteiger partial charge in [-0.15, -0.1) is 10.2 Å². The third kappa shape index (κ3) is 10.4. The van der Waals surface area contributed by atoms with Crippen LogP contribution in [0.3, 0.4) is 0 Å². The fourth-order valence-corrected chi connectivity index (χ4v) is 5.87. The van der Waals surface area contributed by atoms with Gasteiger partial charge in [0.05, 0.1) is 33.5 Å². The normalized spacial score (nSPS) is 12.7. The molecule has 0 amide bonds. The molecule has 18 nitrogen and oxygen atoms in total. The van der Waals surface area contributed by atoms with E-state index >= 15 is 0 Å². The molecule has 0 atom stereocenters. The lowest BCUT2D eigenvalue weighted by Crippen LogP contribution is -2.18. The largest absolute Gasteiger partial charge is 0.395 e. The topological polar surface area (TPSA) is 289 Å². The van der Waals surface area contributed by atoms with Crippen LogP contribution in [0.2, 0.25) is 0 Å². The van der Waals surface area contributed by atoms with Gasteiger partial charge in [-0.05, 0) is 49.4 Å². The van der Waals surface area contributed by atoms with Gasteiger partial charge in [0.2, 0.25) is 0 Å². The molecule has 258 valence electrons. The number of azo groups is 2. The second kappa shape index (κ2) is 15.1. The number of anilines is 3. The summed E-state index contributed by atoms with van der Waals surface area (Å²) < 4.78 is 113. The molecule has 0 radical (unpaired) electrons. The molecule has 2 aromatic carbocycles. The number of sulfone groups is 2. The summed E-state index contributed by atoms with van der Waals surface area (Å²) in [5, 5.41) is 23.0. The number of rotatable bonds is 16. The molecular weight excluding hydrogens is 713 g/mol. The molecule has 6 N–H and O–H groups in total. The van der Waals surface area contributed by atoms with E-state index in [0.717, 1.165) is 35.1 Å². The minimum absolute atomic E-state index is 0.0274. The van der Waals surface area contributed by atoms with E-state index in [1.54, 1.807) is 0 Å². The molecule has 0 aliphatic rings. The molecule has 0 saturated carbocycles. The average Bonchev–Trinajstić information content (AvgIpc) is 3.01. The van der Waals surface area contributed by atoms with Gasteiger partial charge in [-0.1, -0.05) is 13.2 Å². The first-order chi connectivity index (χ1) is 22.3. The Morgan fingerprint density at radius 2 is 1.27 bits per heavy atom. The van der Waals surface area contributed by atoms with Gasteiger partial charge >= 0.3 is 0 Å². The summed E-state index contributed by atoms with van der Waals surface area (Å²) in [4.78, 5) is 3.22. The lowest BCUT2D eigenvalue weighted by Gasteiger charge is -2.16. The van der Waals surface area contributed by atoms with Gasteiger partial charge in [-0.2, -0.15) is 27.1 Å². The van der Waals surface area contributed by atoms with Gasteiger partial charge in [0.15, 0.2) is 31.3 Å². The van der Waals surface area contributed by atoms with Crippen molar-refractivity contribution >= 4 is 80.0 Å². The number of nitrogens with two attached hydrogens (primary N) is 1. The van der Waals surface area contributed by atoms with Crippen molar-refractivity contribution in [2.45, 2.75) is 16.7 Å². The molecule has 0 fully saturated rings. The monoisotopic (exact) mass is 742 g/mol. The van der Waals surface area contributed by atoms with Gasteiger partial charge in [-0.3, -0.25) is 9.11 Å². The van der Waals surface area contributed by atoms with E-state index in [-0.39, 0.29) is 75.1 Å². The Hall–Kier alpha value is -4.61. The van der Waals surface area contributed by atoms with Crippen LogP contribution in [0.5, 0.6) is 0 Å². The van der Waals surface area contributed by atoms with Gasteiger partial charge in [0.25, 0.3) is 20.2 Å². The summed E-state index contributed by atoms with van der Waals surface area (Å²) in [7, 11) is -16.5. The second-order valence-electron chi connectivity index (χ2n) is 9.61. The number of hydrogen-bond acceptors (Lipinski definition) is 16. The number of nitrogens with one attached hydrogen (secondary N) is 2. The Kier molecular flexibility index (Phi) is 11.9. The molecule has 0 bridgehead atoms. The minimum atomic E-state index is -4.91. The minimum Gasteiger partial charge on any atom is -0.395 e. The highest BCUT2D eigenvalue weighted by Crippen LogP contribution is 2.38. The van der Waals surface area contributed by atoms with E-state index in [9.17, 15) is 38.2 Å². The Morgan fingerprint density at radius 1 is 0.750 bits per heavy atom. The summed E-state index contributed by atoms with van der Waals surface area (Å²) in [5.41, 5.74) is 6.21. The number of benzene rings is 2. The zero-order valence-corrected chi connectivity index (χ0v) is 28.3. The van der Waals surface area contributed by atoms with Crippen molar-refractivity contribution in [1.82, 2.24) is 4.98 Å². The van der Waals surface area contributed by atoms with Crippen molar-refractivity contribution in [3.05, 3.63) is 72.0 Å². The summed E-state index contributed by atoms with van der Waals surface area (Å²) >= 11 is 0. The van der Waals surface area contributed by atoms with Crippen LogP contribution in [0.15, 0.2) is 96.7 Å². The Labute approximate surface area is 277 Å². The highest BCUT2D eigenvalue weighted by molar-refractivity contribution is 7.94. The van der Waals surface area contributed by atoms with E-state index in [4.69, 9.17) is 10.3 Å². The first kappa shape index (κ1) is 37.8. The fraction of sp³-hybridized carbons (Fsp3) is 0.192. The van der Waals surface area contributed by atoms with E-state index in [1.165, 1.54) is 25.1 Å². The number of nitrogens with zero attached hydrogens (tertiary/aromatic N) is 5. The summed E-state index contributed by atoms with van der Waals surface area (Å²) in [6.45, 7) is 7.73. The first-order valence-electron chi connectivity index (χ1n) is 13.3. The zero-order valence-electron chi connectivity index (χ0n) is 25.0. The molecule has 3 aromatic rings. The predicted octanol–water partition coefficient (Wildman–Crippen LogP) is 4.24. The Bertz CT molecular complexity index is 2220. The highest BCUT2D eigenvalue weighted by atomic mass is 32.2. The maximum absolute atomic E-state index is 12.2. The maximum Gasteiger partial charge on any atom is 0.296 e. The van der Waals surface area contributed by atoms with Crippen LogP contribution in [0, 0.1) is 6.92 Å². The van der Waals surface area contributed by atoms with E-state index < -0.39 is 44.8 Å². The number of hydrogen-bond donors (Lipinski definition) is 5. The molecule has 1 heterocycles. The SMILES string of the molecule is C=CS(=O)(=O)CCNc1nc(NCCS(=O)(=O)C=C)c(/N=N/c2ccc(/N=N/c3ccc(S(=O)(=O)O)cc3)cc2S(=O)(=O)O)c(C)c1N. The van der Waals surface area contributed by atoms with E-state index in [1.807, 2.05) is 0 Å². The Balaban J connectivity index is 2.01. The van der Waals surface area contributed by atoms with Crippen molar-refractivity contribution in [1.29, 1.82) is 0 Å². The quantitative estimate of drug-likeness (QED) is 0.101. The average molecular weight is 743 g/mol. The Morgan fingerprint density at radius 3 is 1.79 bits per heavy atom. The third-order valence-electron chi connectivity index (χ3n) is 6.22. The fourth-order valence-electron chi connectivity index (χ4n) is 3.64. The summed E-state index contributed by atoms with van der Waals surface area (Å²) in [5.74, 6) is -0.711. The van der Waals surface area contributed by atoms with Crippen molar-refractivity contribution in [2.75, 3.05) is 41.0 Å². The molecular formula is C26H30N8O10S4. The lowest BCUT2D eigenvalue weighted by atomic mass is 10.2. The van der Waals surface area contributed by atoms with Crippen LogP contribution in [-0.2, 0) is 39.9 Å². The molecule has 22 heteroatoms. The second-order valence-corrected chi connectivity index (χ2v) is 16.6. The lowest BCUT2D eigenvalue weighted by molar-refractivity contribution is 0.481. The van der Waals surface area contributed by atoms with Crippen LogP contribution < -0.4 is 16.4 Å². The summed E-state index contributed by atoms with van der Waals surface area (Å²) in [6.07, 6.45) is 0. The molecule has 0 aliphatic heterocycles. The zero-order chi connectivity index (χ0) is 35.9. The van der Waals surface area contributed by atoms with Crippen molar-refractivity contribution in [2.24, 2.45) is 20.5 Å². The maximum atomic E-state index is 12.2. The summed E-state index contributed by atoms with van der Waals surface area (Å²) in [6, 6.07) is 8.04. The van der Waals surface area contributed by atoms with Gasteiger partial charge < -0.3 is 16.4 Å². The highest BCUT2D eigenvalue weighted by Gasteiger charge is 2.20.